The summed E-state index contributed by atoms with van der Waals surface area (Å²) in [6.45, 7) is 2.02. The minimum absolute atomic E-state index is 0.458. The van der Waals surface area contributed by atoms with E-state index in [1.54, 1.807) is 7.11 Å². The molecule has 15 heavy (non-hydrogen) atoms. The van der Waals surface area contributed by atoms with Gasteiger partial charge in [-0.25, -0.2) is 4.98 Å². The Balaban J connectivity index is 2.85. The maximum Gasteiger partial charge on any atom is 0.214 e. The highest BCUT2D eigenvalue weighted by Gasteiger charge is 2.09. The maximum atomic E-state index is 6.10. The van der Waals surface area contributed by atoms with Crippen LogP contribution in [0, 0.1) is 6.92 Å². The molecule has 1 aromatic carbocycles. The Kier molecular flexibility index (Phi) is 2.85. The molecule has 0 aliphatic heterocycles. The highest BCUT2D eigenvalue weighted by molar-refractivity contribution is 9.10. The van der Waals surface area contributed by atoms with Crippen LogP contribution >= 0.6 is 27.5 Å². The Labute approximate surface area is 101 Å². The average Bonchev–Trinajstić information content (AvgIpc) is 2.23. The molecular weight excluding hydrogens is 277 g/mol. The number of hydrogen-bond acceptors (Lipinski definition) is 2. The van der Waals surface area contributed by atoms with Gasteiger partial charge in [0.1, 0.15) is 5.15 Å². The van der Waals surface area contributed by atoms with Crippen molar-refractivity contribution >= 4 is 38.3 Å². The lowest BCUT2D eigenvalue weighted by Crippen LogP contribution is -1.90. The van der Waals surface area contributed by atoms with Crippen LogP contribution in [-0.4, -0.2) is 12.1 Å². The molecule has 4 heteroatoms. The summed E-state index contributed by atoms with van der Waals surface area (Å²) in [5, 5.41) is 2.40. The highest BCUT2D eigenvalue weighted by Crippen LogP contribution is 2.33. The van der Waals surface area contributed by atoms with Gasteiger partial charge < -0.3 is 4.74 Å². The van der Waals surface area contributed by atoms with Crippen molar-refractivity contribution in [3.63, 3.8) is 0 Å². The van der Waals surface area contributed by atoms with Crippen molar-refractivity contribution in [3.8, 4) is 5.88 Å². The molecule has 0 aliphatic rings. The van der Waals surface area contributed by atoms with Crippen LogP contribution in [0.1, 0.15) is 5.56 Å². The average molecular weight is 287 g/mol. The normalized spacial score (nSPS) is 10.7. The zero-order chi connectivity index (χ0) is 11.0. The minimum Gasteiger partial charge on any atom is -0.481 e. The molecule has 0 amide bonds. The predicted molar refractivity (Wildman–Crippen MR) is 65.7 cm³/mol. The molecule has 0 saturated carbocycles. The van der Waals surface area contributed by atoms with E-state index in [-0.39, 0.29) is 0 Å². The fourth-order valence-corrected chi connectivity index (χ4v) is 2.40. The monoisotopic (exact) mass is 285 g/mol. The summed E-state index contributed by atoms with van der Waals surface area (Å²) in [6, 6.07) is 5.90. The molecule has 0 bridgehead atoms. The molecule has 0 saturated heterocycles. The minimum atomic E-state index is 0.458. The highest BCUT2D eigenvalue weighted by atomic mass is 79.9. The van der Waals surface area contributed by atoms with E-state index >= 15 is 0 Å². The second-order valence-corrected chi connectivity index (χ2v) is 4.40. The number of rotatable bonds is 1. The fraction of sp³-hybridized carbons (Fsp3) is 0.182. The van der Waals surface area contributed by atoms with E-state index in [0.717, 1.165) is 20.8 Å². The molecule has 0 fully saturated rings. The van der Waals surface area contributed by atoms with Crippen LogP contribution in [0.5, 0.6) is 5.88 Å². The lowest BCUT2D eigenvalue weighted by atomic mass is 10.1. The number of hydrogen-bond donors (Lipinski definition) is 0. The van der Waals surface area contributed by atoms with Crippen molar-refractivity contribution in [2.24, 2.45) is 0 Å². The number of pyridine rings is 1. The third-order valence-corrected chi connectivity index (χ3v) is 3.57. The molecule has 1 aromatic heterocycles. The van der Waals surface area contributed by atoms with E-state index in [1.807, 2.05) is 25.1 Å². The van der Waals surface area contributed by atoms with E-state index < -0.39 is 0 Å². The zero-order valence-electron chi connectivity index (χ0n) is 8.34. The first-order chi connectivity index (χ1) is 7.13. The molecular formula is C11H9BrClNO. The van der Waals surface area contributed by atoms with Gasteiger partial charge in [-0.1, -0.05) is 23.7 Å². The number of methoxy groups -OCH3 is 1. The number of aryl methyl sites for hydroxylation is 1. The lowest BCUT2D eigenvalue weighted by Gasteiger charge is -2.07. The van der Waals surface area contributed by atoms with Crippen molar-refractivity contribution in [3.05, 3.63) is 33.4 Å². The van der Waals surface area contributed by atoms with E-state index in [0.29, 0.717) is 11.0 Å². The zero-order valence-corrected chi connectivity index (χ0v) is 10.7. The van der Waals surface area contributed by atoms with Crippen LogP contribution in [-0.2, 0) is 0 Å². The number of benzene rings is 1. The van der Waals surface area contributed by atoms with Crippen LogP contribution in [0.2, 0.25) is 5.15 Å². The summed E-state index contributed by atoms with van der Waals surface area (Å²) in [7, 11) is 1.58. The largest absolute Gasteiger partial charge is 0.481 e. The van der Waals surface area contributed by atoms with Crippen LogP contribution in [0.15, 0.2) is 22.7 Å². The Morgan fingerprint density at radius 1 is 1.40 bits per heavy atom. The molecule has 0 N–H and O–H groups in total. The third-order valence-electron chi connectivity index (χ3n) is 2.27. The first-order valence-corrected chi connectivity index (χ1v) is 5.60. The van der Waals surface area contributed by atoms with Gasteiger partial charge >= 0.3 is 0 Å². The van der Waals surface area contributed by atoms with Gasteiger partial charge in [-0.3, -0.25) is 0 Å². The lowest BCUT2D eigenvalue weighted by molar-refractivity contribution is 0.399. The van der Waals surface area contributed by atoms with Crippen LogP contribution < -0.4 is 4.74 Å². The fourth-order valence-electron chi connectivity index (χ4n) is 1.45. The smallest absolute Gasteiger partial charge is 0.214 e. The first kappa shape index (κ1) is 10.7. The van der Waals surface area contributed by atoms with Crippen molar-refractivity contribution < 1.29 is 4.74 Å². The second kappa shape index (κ2) is 3.99. The van der Waals surface area contributed by atoms with Crippen molar-refractivity contribution in [2.45, 2.75) is 6.92 Å². The van der Waals surface area contributed by atoms with Gasteiger partial charge in [0.15, 0.2) is 0 Å². The number of halogens is 2. The summed E-state index contributed by atoms with van der Waals surface area (Å²) in [5.74, 6) is 0.531. The molecule has 0 unspecified atom stereocenters. The summed E-state index contributed by atoms with van der Waals surface area (Å²) < 4.78 is 6.05. The van der Waals surface area contributed by atoms with Gasteiger partial charge in [-0.2, -0.15) is 0 Å². The van der Waals surface area contributed by atoms with Gasteiger partial charge in [-0.15, -0.1) is 0 Å². The molecule has 1 heterocycles. The van der Waals surface area contributed by atoms with Crippen molar-refractivity contribution in [1.29, 1.82) is 0 Å². The molecule has 2 rings (SSSR count). The van der Waals surface area contributed by atoms with Gasteiger partial charge in [0.25, 0.3) is 0 Å². The van der Waals surface area contributed by atoms with Gasteiger partial charge in [-0.05, 0) is 33.8 Å². The van der Waals surface area contributed by atoms with Gasteiger partial charge in [0, 0.05) is 15.9 Å². The molecule has 78 valence electrons. The predicted octanol–water partition coefficient (Wildman–Crippen LogP) is 3.97. The quantitative estimate of drug-likeness (QED) is 0.740. The Bertz CT molecular complexity index is 527. The van der Waals surface area contributed by atoms with Crippen molar-refractivity contribution in [2.75, 3.05) is 7.11 Å². The Morgan fingerprint density at radius 2 is 2.13 bits per heavy atom. The van der Waals surface area contributed by atoms with Crippen LogP contribution in [0.3, 0.4) is 0 Å². The van der Waals surface area contributed by atoms with Crippen molar-refractivity contribution in [1.82, 2.24) is 4.98 Å². The Morgan fingerprint density at radius 3 is 2.80 bits per heavy atom. The summed E-state index contributed by atoms with van der Waals surface area (Å²) in [6.07, 6.45) is 0. The molecule has 2 aromatic rings. The van der Waals surface area contributed by atoms with E-state index in [9.17, 15) is 0 Å². The first-order valence-electron chi connectivity index (χ1n) is 4.43. The van der Waals surface area contributed by atoms with E-state index in [4.69, 9.17) is 16.3 Å². The van der Waals surface area contributed by atoms with Crippen LogP contribution in [0.4, 0.5) is 0 Å². The maximum absolute atomic E-state index is 6.10. The topological polar surface area (TPSA) is 22.1 Å². The second-order valence-electron chi connectivity index (χ2n) is 3.25. The van der Waals surface area contributed by atoms with Crippen LogP contribution in [0.25, 0.3) is 10.8 Å². The standard InChI is InChI=1S/C11H9BrClNO/c1-6-3-4-7-5-8(15-2)14-11(13)9(7)10(6)12/h3-5H,1-2H3. The number of fused-ring (bicyclic) bond motifs is 1. The SMILES string of the molecule is COc1cc2ccc(C)c(Br)c2c(Cl)n1. The van der Waals surface area contributed by atoms with E-state index in [1.165, 1.54) is 0 Å². The molecule has 0 spiro atoms. The molecule has 0 atom stereocenters. The number of nitrogens with zero attached hydrogens (tertiary/aromatic N) is 1. The summed E-state index contributed by atoms with van der Waals surface area (Å²) >= 11 is 9.61. The number of ether oxygens (including phenoxy) is 1. The van der Waals surface area contributed by atoms with Gasteiger partial charge in [0.2, 0.25) is 5.88 Å². The van der Waals surface area contributed by atoms with Gasteiger partial charge in [0.05, 0.1) is 7.11 Å². The molecule has 2 nitrogen and oxygen atoms in total. The van der Waals surface area contributed by atoms with E-state index in [2.05, 4.69) is 20.9 Å². The Hall–Kier alpha value is -0.800. The molecule has 0 radical (unpaired) electrons. The third kappa shape index (κ3) is 1.82. The number of aromatic nitrogens is 1. The summed E-state index contributed by atoms with van der Waals surface area (Å²) in [4.78, 5) is 4.13. The summed E-state index contributed by atoms with van der Waals surface area (Å²) in [5.41, 5.74) is 1.14. The molecule has 0 aliphatic carbocycles.